The minimum atomic E-state index is -0.454. The first-order chi connectivity index (χ1) is 12.0. The lowest BCUT2D eigenvalue weighted by Gasteiger charge is -2.31. The molecule has 0 bridgehead atoms. The molecule has 0 aliphatic carbocycles. The van der Waals surface area contributed by atoms with Gasteiger partial charge in [0.25, 0.3) is 11.1 Å². The fourth-order valence-electron chi connectivity index (χ4n) is 2.66. The zero-order valence-corrected chi connectivity index (χ0v) is 14.2. The Morgan fingerprint density at radius 1 is 1.36 bits per heavy atom. The first-order valence-corrected chi connectivity index (χ1v) is 8.81. The number of nitrogens with two attached hydrogens (primary N) is 1. The monoisotopic (exact) mass is 364 g/mol. The molecule has 1 aromatic carbocycles. The third-order valence-electron chi connectivity index (χ3n) is 4.01. The molecule has 2 aromatic rings. The van der Waals surface area contributed by atoms with Crippen LogP contribution in [0.15, 0.2) is 33.9 Å². The third kappa shape index (κ3) is 4.16. The summed E-state index contributed by atoms with van der Waals surface area (Å²) < 4.78 is 19.1. The molecule has 2 N–H and O–H groups in total. The Morgan fingerprint density at radius 2 is 2.16 bits per heavy atom. The van der Waals surface area contributed by atoms with Gasteiger partial charge in [-0.2, -0.15) is 0 Å². The number of nitrogens with zero attached hydrogens (tertiary/aromatic N) is 3. The number of likely N-dealkylation sites (tertiary alicyclic amines) is 1. The van der Waals surface area contributed by atoms with E-state index in [0.717, 1.165) is 18.2 Å². The Kier molecular flexibility index (Phi) is 5.32. The van der Waals surface area contributed by atoms with Gasteiger partial charge in [-0.15, -0.1) is 10.2 Å². The van der Waals surface area contributed by atoms with Gasteiger partial charge in [0, 0.05) is 13.1 Å². The van der Waals surface area contributed by atoms with E-state index in [1.54, 1.807) is 23.1 Å². The Hall–Kier alpha value is -2.42. The van der Waals surface area contributed by atoms with Crippen molar-refractivity contribution < 1.29 is 18.4 Å². The molecular weight excluding hydrogens is 347 g/mol. The van der Waals surface area contributed by atoms with Crippen molar-refractivity contribution in [3.05, 3.63) is 30.1 Å². The molecule has 7 nitrogen and oxygen atoms in total. The minimum Gasteiger partial charge on any atom is -0.411 e. The highest BCUT2D eigenvalue weighted by Crippen LogP contribution is 2.25. The molecule has 25 heavy (non-hydrogen) atoms. The SMILES string of the molecule is NC(=O)C1CCCN(C(=O)CSc2nnc(-c3ccccc3F)o2)C1. The van der Waals surface area contributed by atoms with Crippen LogP contribution in [0.5, 0.6) is 0 Å². The second kappa shape index (κ2) is 7.64. The summed E-state index contributed by atoms with van der Waals surface area (Å²) in [6.45, 7) is 0.951. The van der Waals surface area contributed by atoms with Crippen molar-refractivity contribution >= 4 is 23.6 Å². The van der Waals surface area contributed by atoms with Crippen LogP contribution in [0.2, 0.25) is 0 Å². The van der Waals surface area contributed by atoms with Crippen LogP contribution >= 0.6 is 11.8 Å². The van der Waals surface area contributed by atoms with E-state index in [1.165, 1.54) is 6.07 Å². The summed E-state index contributed by atoms with van der Waals surface area (Å²) in [7, 11) is 0. The number of hydrogen-bond donors (Lipinski definition) is 1. The molecule has 2 amide bonds. The highest BCUT2D eigenvalue weighted by Gasteiger charge is 2.27. The second-order valence-corrected chi connectivity index (χ2v) is 6.65. The Bertz CT molecular complexity index is 782. The number of amides is 2. The van der Waals surface area contributed by atoms with Crippen LogP contribution in [-0.4, -0.2) is 45.8 Å². The van der Waals surface area contributed by atoms with Crippen LogP contribution in [0.3, 0.4) is 0 Å². The summed E-state index contributed by atoms with van der Waals surface area (Å²) in [6.07, 6.45) is 1.46. The number of rotatable bonds is 5. The van der Waals surface area contributed by atoms with Gasteiger partial charge in [0.05, 0.1) is 17.2 Å². The Balaban J connectivity index is 1.58. The quantitative estimate of drug-likeness (QED) is 0.810. The molecule has 132 valence electrons. The van der Waals surface area contributed by atoms with Crippen molar-refractivity contribution in [2.24, 2.45) is 11.7 Å². The minimum absolute atomic E-state index is 0.0693. The fraction of sp³-hybridized carbons (Fsp3) is 0.375. The van der Waals surface area contributed by atoms with Gasteiger partial charge in [-0.25, -0.2) is 4.39 Å². The van der Waals surface area contributed by atoms with Crippen LogP contribution in [0.4, 0.5) is 4.39 Å². The van der Waals surface area contributed by atoms with Crippen LogP contribution in [0.1, 0.15) is 12.8 Å². The number of primary amides is 1. The zero-order valence-electron chi connectivity index (χ0n) is 13.4. The first-order valence-electron chi connectivity index (χ1n) is 7.83. The van der Waals surface area contributed by atoms with Crippen molar-refractivity contribution in [1.82, 2.24) is 15.1 Å². The van der Waals surface area contributed by atoms with Gasteiger partial charge in [0.1, 0.15) is 5.82 Å². The first kappa shape index (κ1) is 17.4. The standard InChI is InChI=1S/C16H17FN4O3S/c17-12-6-2-1-5-11(12)15-19-20-16(24-15)25-9-13(22)21-7-3-4-10(8-21)14(18)23/h1-2,5-6,10H,3-4,7-9H2,(H2,18,23). The molecule has 1 atom stereocenters. The van der Waals surface area contributed by atoms with E-state index in [9.17, 15) is 14.0 Å². The zero-order chi connectivity index (χ0) is 17.8. The smallest absolute Gasteiger partial charge is 0.277 e. The molecule has 1 aliphatic heterocycles. The van der Waals surface area contributed by atoms with Crippen molar-refractivity contribution in [3.8, 4) is 11.5 Å². The average Bonchev–Trinajstić information content (AvgIpc) is 3.09. The largest absolute Gasteiger partial charge is 0.411 e. The highest BCUT2D eigenvalue weighted by atomic mass is 32.2. The van der Waals surface area contributed by atoms with Gasteiger partial charge >= 0.3 is 0 Å². The molecule has 2 heterocycles. The molecule has 0 radical (unpaired) electrons. The lowest BCUT2D eigenvalue weighted by atomic mass is 9.97. The highest BCUT2D eigenvalue weighted by molar-refractivity contribution is 7.99. The Morgan fingerprint density at radius 3 is 2.92 bits per heavy atom. The number of hydrogen-bond acceptors (Lipinski definition) is 6. The van der Waals surface area contributed by atoms with Crippen molar-refractivity contribution in [2.45, 2.75) is 18.1 Å². The summed E-state index contributed by atoms with van der Waals surface area (Å²) >= 11 is 1.08. The summed E-state index contributed by atoms with van der Waals surface area (Å²) in [6, 6.07) is 6.09. The fourth-order valence-corrected chi connectivity index (χ4v) is 3.33. The van der Waals surface area contributed by atoms with E-state index >= 15 is 0 Å². The van der Waals surface area contributed by atoms with Crippen molar-refractivity contribution in [2.75, 3.05) is 18.8 Å². The number of aromatic nitrogens is 2. The number of thioether (sulfide) groups is 1. The normalized spacial score (nSPS) is 17.5. The van der Waals surface area contributed by atoms with E-state index in [-0.39, 0.29) is 40.2 Å². The van der Waals surface area contributed by atoms with Crippen molar-refractivity contribution in [3.63, 3.8) is 0 Å². The van der Waals surface area contributed by atoms with Crippen LogP contribution in [-0.2, 0) is 9.59 Å². The van der Waals surface area contributed by atoms with Gasteiger partial charge in [0.15, 0.2) is 0 Å². The molecule has 1 saturated heterocycles. The maximum atomic E-state index is 13.7. The average molecular weight is 364 g/mol. The third-order valence-corrected chi connectivity index (χ3v) is 4.81. The van der Waals surface area contributed by atoms with Gasteiger partial charge in [-0.05, 0) is 25.0 Å². The lowest BCUT2D eigenvalue weighted by Crippen LogP contribution is -2.44. The predicted molar refractivity (Wildman–Crippen MR) is 88.9 cm³/mol. The van der Waals surface area contributed by atoms with E-state index < -0.39 is 5.82 Å². The molecule has 0 spiro atoms. The molecule has 1 aliphatic rings. The number of benzene rings is 1. The van der Waals surface area contributed by atoms with Crippen LogP contribution in [0.25, 0.3) is 11.5 Å². The number of carbonyl (C=O) groups excluding carboxylic acids is 2. The van der Waals surface area contributed by atoms with E-state index in [4.69, 9.17) is 10.2 Å². The molecule has 9 heteroatoms. The number of piperidine rings is 1. The maximum Gasteiger partial charge on any atom is 0.277 e. The van der Waals surface area contributed by atoms with Gasteiger partial charge in [0.2, 0.25) is 11.8 Å². The molecule has 0 saturated carbocycles. The molecular formula is C16H17FN4O3S. The van der Waals surface area contributed by atoms with E-state index in [0.29, 0.717) is 19.5 Å². The number of carbonyl (C=O) groups is 2. The predicted octanol–water partition coefficient (Wildman–Crippen LogP) is 1.69. The summed E-state index contributed by atoms with van der Waals surface area (Å²) in [5.41, 5.74) is 5.54. The summed E-state index contributed by atoms with van der Waals surface area (Å²) in [5, 5.41) is 7.83. The number of halogens is 1. The molecule has 1 unspecified atom stereocenters. The van der Waals surface area contributed by atoms with Crippen LogP contribution in [0, 0.1) is 11.7 Å². The Labute approximate surface area is 147 Å². The van der Waals surface area contributed by atoms with Gasteiger partial charge in [-0.1, -0.05) is 23.9 Å². The second-order valence-electron chi connectivity index (χ2n) is 5.72. The maximum absolute atomic E-state index is 13.7. The summed E-state index contributed by atoms with van der Waals surface area (Å²) in [5.74, 6) is -1.08. The molecule has 1 aromatic heterocycles. The van der Waals surface area contributed by atoms with Crippen molar-refractivity contribution in [1.29, 1.82) is 0 Å². The summed E-state index contributed by atoms with van der Waals surface area (Å²) in [4.78, 5) is 25.2. The van der Waals surface area contributed by atoms with Gasteiger partial charge in [-0.3, -0.25) is 9.59 Å². The lowest BCUT2D eigenvalue weighted by molar-refractivity contribution is -0.132. The van der Waals surface area contributed by atoms with E-state index in [1.807, 2.05) is 0 Å². The topological polar surface area (TPSA) is 102 Å². The van der Waals surface area contributed by atoms with E-state index in [2.05, 4.69) is 10.2 Å². The molecule has 1 fully saturated rings. The molecule has 3 rings (SSSR count). The van der Waals surface area contributed by atoms with Gasteiger partial charge < -0.3 is 15.1 Å². The van der Waals surface area contributed by atoms with Crippen LogP contribution < -0.4 is 5.73 Å².